The summed E-state index contributed by atoms with van der Waals surface area (Å²) in [6, 6.07) is 0. The molecule has 0 aliphatic heterocycles. The number of fused-ring (bicyclic) bond motifs is 1. The molecular weight excluding hydrogens is 236 g/mol. The van der Waals surface area contributed by atoms with Gasteiger partial charge in [0.25, 0.3) is 5.88 Å². The van der Waals surface area contributed by atoms with Gasteiger partial charge in [0.1, 0.15) is 12.4 Å². The first-order valence-corrected chi connectivity index (χ1v) is 5.60. The molecule has 0 amide bonds. The first-order valence-electron chi connectivity index (χ1n) is 5.60. The Morgan fingerprint density at radius 2 is 2.11 bits per heavy atom. The fraction of sp³-hybridized carbons (Fsp3) is 0.455. The summed E-state index contributed by atoms with van der Waals surface area (Å²) in [6.45, 7) is 1.97. The van der Waals surface area contributed by atoms with Crippen LogP contribution in [-0.2, 0) is 9.47 Å². The lowest BCUT2D eigenvalue weighted by Gasteiger charge is -2.07. The van der Waals surface area contributed by atoms with Gasteiger partial charge >= 0.3 is 0 Å². The zero-order valence-corrected chi connectivity index (χ0v) is 10.2. The van der Waals surface area contributed by atoms with Crippen LogP contribution in [0.5, 0.6) is 5.88 Å². The molecule has 2 aromatic heterocycles. The third kappa shape index (κ3) is 3.08. The number of imidazole rings is 1. The van der Waals surface area contributed by atoms with Gasteiger partial charge in [0.15, 0.2) is 0 Å². The van der Waals surface area contributed by atoms with Gasteiger partial charge in [0.2, 0.25) is 5.65 Å². The molecule has 2 rings (SSSR count). The molecule has 0 radical (unpaired) electrons. The van der Waals surface area contributed by atoms with Crippen LogP contribution in [0.15, 0.2) is 18.6 Å². The summed E-state index contributed by atoms with van der Waals surface area (Å²) in [7, 11) is 1.63. The molecule has 7 nitrogen and oxygen atoms in total. The number of ether oxygens (including phenoxy) is 3. The minimum absolute atomic E-state index is 0.385. The van der Waals surface area contributed by atoms with Crippen LogP contribution in [0.3, 0.4) is 0 Å². The van der Waals surface area contributed by atoms with E-state index in [1.54, 1.807) is 30.1 Å². The molecule has 0 spiro atoms. The zero-order valence-electron chi connectivity index (χ0n) is 10.2. The van der Waals surface area contributed by atoms with Gasteiger partial charge in [-0.3, -0.25) is 4.40 Å². The highest BCUT2D eigenvalue weighted by atomic mass is 16.5. The Balaban J connectivity index is 1.89. The van der Waals surface area contributed by atoms with Crippen molar-refractivity contribution in [1.82, 2.24) is 14.4 Å². The Kier molecular flexibility index (Phi) is 4.32. The van der Waals surface area contributed by atoms with E-state index in [9.17, 15) is 0 Å². The molecule has 2 N–H and O–H groups in total. The molecule has 0 aliphatic carbocycles. The summed E-state index contributed by atoms with van der Waals surface area (Å²) in [4.78, 5) is 8.25. The fourth-order valence-corrected chi connectivity index (χ4v) is 1.46. The number of anilines is 1. The lowest BCUT2D eigenvalue weighted by molar-refractivity contribution is 0.0539. The lowest BCUT2D eigenvalue weighted by atomic mass is 10.6. The Morgan fingerprint density at radius 1 is 1.28 bits per heavy atom. The zero-order chi connectivity index (χ0) is 12.8. The minimum atomic E-state index is 0.385. The van der Waals surface area contributed by atoms with Crippen LogP contribution in [-0.4, -0.2) is 47.9 Å². The molecule has 2 aromatic rings. The fourth-order valence-electron chi connectivity index (χ4n) is 1.46. The van der Waals surface area contributed by atoms with E-state index in [1.165, 1.54) is 0 Å². The molecule has 98 valence electrons. The quantitative estimate of drug-likeness (QED) is 0.716. The topological polar surface area (TPSA) is 83.9 Å². The number of aromatic nitrogens is 3. The predicted molar refractivity (Wildman–Crippen MR) is 65.6 cm³/mol. The van der Waals surface area contributed by atoms with E-state index in [-0.39, 0.29) is 0 Å². The van der Waals surface area contributed by atoms with Crippen molar-refractivity contribution in [2.75, 3.05) is 39.3 Å². The molecule has 0 unspecified atom stereocenters. The normalized spacial score (nSPS) is 10.9. The van der Waals surface area contributed by atoms with Crippen molar-refractivity contribution in [3.8, 4) is 5.88 Å². The van der Waals surface area contributed by atoms with Crippen LogP contribution in [0, 0.1) is 0 Å². The second kappa shape index (κ2) is 6.18. The largest absolute Gasteiger partial charge is 0.473 e. The molecule has 0 saturated heterocycles. The molecule has 0 atom stereocenters. The lowest BCUT2D eigenvalue weighted by Crippen LogP contribution is -2.11. The van der Waals surface area contributed by atoms with Crippen molar-refractivity contribution in [3.63, 3.8) is 0 Å². The van der Waals surface area contributed by atoms with Gasteiger partial charge in [-0.05, 0) is 0 Å². The first kappa shape index (κ1) is 12.6. The highest BCUT2D eigenvalue weighted by Crippen LogP contribution is 2.16. The van der Waals surface area contributed by atoms with E-state index in [0.717, 1.165) is 0 Å². The molecule has 0 aromatic carbocycles. The Hall–Kier alpha value is -1.86. The first-order chi connectivity index (χ1) is 8.81. The highest BCUT2D eigenvalue weighted by Gasteiger charge is 2.06. The molecule has 18 heavy (non-hydrogen) atoms. The van der Waals surface area contributed by atoms with E-state index < -0.39 is 0 Å². The molecule has 0 bridgehead atoms. The van der Waals surface area contributed by atoms with Gasteiger partial charge in [-0.15, -0.1) is 0 Å². The van der Waals surface area contributed by atoms with Crippen LogP contribution in [0.25, 0.3) is 5.65 Å². The van der Waals surface area contributed by atoms with Crippen LogP contribution in [0.1, 0.15) is 0 Å². The smallest absolute Gasteiger partial charge is 0.260 e. The number of nitrogen functional groups attached to an aromatic ring is 1. The van der Waals surface area contributed by atoms with Crippen molar-refractivity contribution in [2.45, 2.75) is 0 Å². The van der Waals surface area contributed by atoms with Crippen molar-refractivity contribution in [3.05, 3.63) is 18.6 Å². The molecule has 0 aliphatic rings. The number of nitrogens with two attached hydrogens (primary N) is 1. The summed E-state index contributed by atoms with van der Waals surface area (Å²) < 4.78 is 17.4. The standard InChI is InChI=1S/C11H16N4O3/c1-16-4-5-17-6-7-18-11-10-13-2-3-15(10)8-9(12)14-11/h2-3,8H,4-7,12H2,1H3. The third-order valence-electron chi connectivity index (χ3n) is 2.26. The Morgan fingerprint density at radius 3 is 2.94 bits per heavy atom. The van der Waals surface area contributed by atoms with E-state index in [2.05, 4.69) is 9.97 Å². The molecule has 7 heteroatoms. The molecule has 0 saturated carbocycles. The number of methoxy groups -OCH3 is 1. The van der Waals surface area contributed by atoms with Gasteiger partial charge in [-0.2, -0.15) is 4.98 Å². The van der Waals surface area contributed by atoms with Gasteiger partial charge < -0.3 is 19.9 Å². The number of nitrogens with zero attached hydrogens (tertiary/aromatic N) is 3. The van der Waals surface area contributed by atoms with E-state index in [0.29, 0.717) is 43.8 Å². The van der Waals surface area contributed by atoms with Gasteiger partial charge in [-0.1, -0.05) is 0 Å². The predicted octanol–water partition coefficient (Wildman–Crippen LogP) is 0.353. The van der Waals surface area contributed by atoms with Gasteiger partial charge in [-0.25, -0.2) is 4.98 Å². The summed E-state index contributed by atoms with van der Waals surface area (Å²) >= 11 is 0. The SMILES string of the molecule is COCCOCCOc1nc(N)cn2ccnc12. The number of rotatable bonds is 7. The summed E-state index contributed by atoms with van der Waals surface area (Å²) in [5.74, 6) is 0.797. The second-order valence-electron chi connectivity index (χ2n) is 3.58. The third-order valence-corrected chi connectivity index (χ3v) is 2.26. The van der Waals surface area contributed by atoms with Crippen molar-refractivity contribution in [1.29, 1.82) is 0 Å². The Labute approximate surface area is 104 Å². The van der Waals surface area contributed by atoms with Crippen LogP contribution in [0.2, 0.25) is 0 Å². The molecular formula is C11H16N4O3. The van der Waals surface area contributed by atoms with E-state index >= 15 is 0 Å². The molecule has 2 heterocycles. The van der Waals surface area contributed by atoms with Crippen molar-refractivity contribution in [2.24, 2.45) is 0 Å². The van der Waals surface area contributed by atoms with Crippen molar-refractivity contribution < 1.29 is 14.2 Å². The van der Waals surface area contributed by atoms with Crippen molar-refractivity contribution >= 4 is 11.5 Å². The second-order valence-corrected chi connectivity index (χ2v) is 3.58. The van der Waals surface area contributed by atoms with Crippen LogP contribution >= 0.6 is 0 Å². The highest BCUT2D eigenvalue weighted by molar-refractivity contribution is 5.52. The van der Waals surface area contributed by atoms with Gasteiger partial charge in [0.05, 0.1) is 26.0 Å². The summed E-state index contributed by atoms with van der Waals surface area (Å²) in [5, 5.41) is 0. The minimum Gasteiger partial charge on any atom is -0.473 e. The summed E-state index contributed by atoms with van der Waals surface area (Å²) in [5.41, 5.74) is 6.31. The van der Waals surface area contributed by atoms with Crippen LogP contribution in [0.4, 0.5) is 5.82 Å². The maximum atomic E-state index is 5.67. The van der Waals surface area contributed by atoms with E-state index in [4.69, 9.17) is 19.9 Å². The molecule has 0 fully saturated rings. The monoisotopic (exact) mass is 252 g/mol. The average molecular weight is 252 g/mol. The van der Waals surface area contributed by atoms with E-state index in [1.807, 2.05) is 0 Å². The average Bonchev–Trinajstić information content (AvgIpc) is 2.81. The Bertz CT molecular complexity index is 500. The van der Waals surface area contributed by atoms with Crippen LogP contribution < -0.4 is 10.5 Å². The number of hydrogen-bond donors (Lipinski definition) is 1. The van der Waals surface area contributed by atoms with Gasteiger partial charge in [0, 0.05) is 19.5 Å². The summed E-state index contributed by atoms with van der Waals surface area (Å²) in [6.07, 6.45) is 5.14. The maximum absolute atomic E-state index is 5.67. The number of hydrogen-bond acceptors (Lipinski definition) is 6. The maximum Gasteiger partial charge on any atom is 0.260 e.